The fraction of sp³-hybridized carbons (Fsp3) is 0.154. The topological polar surface area (TPSA) is 106 Å². The van der Waals surface area contributed by atoms with Crippen molar-refractivity contribution in [3.05, 3.63) is 77.4 Å². The molecule has 0 saturated carbocycles. The number of hydrogen-bond acceptors (Lipinski definition) is 6. The molecule has 6 nitrogen and oxygen atoms in total. The van der Waals surface area contributed by atoms with Gasteiger partial charge >= 0.3 is 0 Å². The van der Waals surface area contributed by atoms with Crippen molar-refractivity contribution >= 4 is 22.8 Å². The quantitative estimate of drug-likeness (QED) is 0.375. The molecule has 0 fully saturated rings. The number of ketones is 1. The second-order valence-corrected chi connectivity index (χ2v) is 7.33. The third kappa shape index (κ3) is 3.71. The predicted octanol–water partition coefficient (Wildman–Crippen LogP) is 5.09. The molecule has 3 aromatic carbocycles. The van der Waals surface area contributed by atoms with Gasteiger partial charge in [0.2, 0.25) is 0 Å². The van der Waals surface area contributed by atoms with Gasteiger partial charge in [-0.1, -0.05) is 24.3 Å². The van der Waals surface area contributed by atoms with E-state index in [-0.39, 0.29) is 34.1 Å². The second kappa shape index (κ2) is 8.59. The Labute approximate surface area is 186 Å². The van der Waals surface area contributed by atoms with E-state index in [9.17, 15) is 9.90 Å². The molecule has 0 aromatic heterocycles. The lowest BCUT2D eigenvalue weighted by Crippen LogP contribution is -2.19. The number of hydrogen-bond donors (Lipinski definition) is 3. The minimum Gasteiger partial charge on any atom is -0.507 e. The first-order valence-corrected chi connectivity index (χ1v) is 10.4. The van der Waals surface area contributed by atoms with Gasteiger partial charge in [-0.15, -0.1) is 0 Å². The van der Waals surface area contributed by atoms with Crippen molar-refractivity contribution in [1.29, 1.82) is 5.41 Å². The molecule has 3 aromatic rings. The molecular weight excluding hydrogens is 404 g/mol. The van der Waals surface area contributed by atoms with Crippen molar-refractivity contribution in [3.8, 4) is 28.4 Å². The number of nitrogen functional groups attached to an aromatic ring is 1. The zero-order valence-corrected chi connectivity index (χ0v) is 17.9. The van der Waals surface area contributed by atoms with Gasteiger partial charge in [0, 0.05) is 16.8 Å². The molecule has 1 aliphatic rings. The highest BCUT2D eigenvalue weighted by Gasteiger charge is 2.31. The lowest BCUT2D eigenvalue weighted by atomic mass is 9.82. The number of aromatic hydroxyl groups is 1. The monoisotopic (exact) mass is 428 g/mol. The average molecular weight is 428 g/mol. The summed E-state index contributed by atoms with van der Waals surface area (Å²) in [5.41, 5.74) is 9.00. The number of rotatable bonds is 6. The molecule has 6 heteroatoms. The summed E-state index contributed by atoms with van der Waals surface area (Å²) in [6, 6.07) is 15.9. The molecule has 0 amide bonds. The SMILES string of the molecule is CCOc1ccc(C2=CC(=N)c3c(O)c(-c4ccc(OCC)cc4)cc(N)c3C2=O)cc1. The molecule has 32 heavy (non-hydrogen) atoms. The minimum atomic E-state index is -0.328. The molecule has 0 aliphatic heterocycles. The second-order valence-electron chi connectivity index (χ2n) is 7.33. The van der Waals surface area contributed by atoms with Crippen LogP contribution in [0.5, 0.6) is 17.2 Å². The summed E-state index contributed by atoms with van der Waals surface area (Å²) >= 11 is 0. The van der Waals surface area contributed by atoms with Crippen LogP contribution in [-0.2, 0) is 0 Å². The van der Waals surface area contributed by atoms with Gasteiger partial charge in [-0.2, -0.15) is 0 Å². The lowest BCUT2D eigenvalue weighted by molar-refractivity contribution is 0.105. The lowest BCUT2D eigenvalue weighted by Gasteiger charge is -2.22. The van der Waals surface area contributed by atoms with Crippen LogP contribution in [0.15, 0.2) is 60.7 Å². The van der Waals surface area contributed by atoms with Crippen molar-refractivity contribution in [3.63, 3.8) is 0 Å². The number of benzene rings is 3. The van der Waals surface area contributed by atoms with Crippen LogP contribution in [0, 0.1) is 5.41 Å². The first kappa shape index (κ1) is 21.2. The Morgan fingerprint density at radius 1 is 0.875 bits per heavy atom. The number of phenolic OH excluding ortho intramolecular Hbond substituents is 1. The zero-order chi connectivity index (χ0) is 22.8. The molecule has 0 spiro atoms. The van der Waals surface area contributed by atoms with Gasteiger partial charge in [0.15, 0.2) is 5.78 Å². The van der Waals surface area contributed by atoms with Gasteiger partial charge in [-0.25, -0.2) is 0 Å². The van der Waals surface area contributed by atoms with Gasteiger partial charge in [0.25, 0.3) is 0 Å². The average Bonchev–Trinajstić information content (AvgIpc) is 2.79. The van der Waals surface area contributed by atoms with Crippen LogP contribution < -0.4 is 15.2 Å². The van der Waals surface area contributed by atoms with E-state index in [2.05, 4.69) is 0 Å². The molecule has 0 heterocycles. The molecule has 0 unspecified atom stereocenters. The maximum atomic E-state index is 13.3. The van der Waals surface area contributed by atoms with E-state index in [1.165, 1.54) is 6.08 Å². The molecule has 1 aliphatic carbocycles. The Hall–Kier alpha value is -4.06. The van der Waals surface area contributed by atoms with Crippen molar-refractivity contribution in [2.24, 2.45) is 0 Å². The highest BCUT2D eigenvalue weighted by atomic mass is 16.5. The summed E-state index contributed by atoms with van der Waals surface area (Å²) in [6.07, 6.45) is 1.47. The number of ether oxygens (including phenoxy) is 2. The highest BCUT2D eigenvalue weighted by molar-refractivity contribution is 6.41. The van der Waals surface area contributed by atoms with Crippen molar-refractivity contribution < 1.29 is 19.4 Å². The smallest absolute Gasteiger partial charge is 0.196 e. The first-order valence-electron chi connectivity index (χ1n) is 10.4. The van der Waals surface area contributed by atoms with E-state index in [0.29, 0.717) is 47.0 Å². The van der Waals surface area contributed by atoms with Gasteiger partial charge in [0.05, 0.1) is 30.1 Å². The van der Waals surface area contributed by atoms with E-state index in [4.69, 9.17) is 20.6 Å². The number of fused-ring (bicyclic) bond motifs is 1. The molecule has 0 atom stereocenters. The van der Waals surface area contributed by atoms with E-state index in [0.717, 1.165) is 0 Å². The maximum Gasteiger partial charge on any atom is 0.196 e. The van der Waals surface area contributed by atoms with Crippen LogP contribution in [-0.4, -0.2) is 29.8 Å². The van der Waals surface area contributed by atoms with Crippen LogP contribution in [0.4, 0.5) is 5.69 Å². The van der Waals surface area contributed by atoms with E-state index in [1.807, 2.05) is 13.8 Å². The number of nitrogens with two attached hydrogens (primary N) is 1. The Morgan fingerprint density at radius 3 is 1.94 bits per heavy atom. The van der Waals surface area contributed by atoms with Gasteiger partial charge in [0.1, 0.15) is 17.2 Å². The van der Waals surface area contributed by atoms with Crippen LogP contribution in [0.2, 0.25) is 0 Å². The summed E-state index contributed by atoms with van der Waals surface area (Å²) in [5.74, 6) is 0.949. The number of allylic oxidation sites excluding steroid dienone is 2. The standard InChI is InChI=1S/C26H24N2O4/c1-3-31-17-9-5-15(6-10-17)19-13-21(27)24-23(25(19)29)22(28)14-20(26(24)30)16-7-11-18(12-8-16)32-4-2/h5-14,27,30H,3-4,28H2,1-2H3. The third-order valence-electron chi connectivity index (χ3n) is 5.31. The van der Waals surface area contributed by atoms with Gasteiger partial charge < -0.3 is 25.7 Å². The molecule has 0 radical (unpaired) electrons. The maximum absolute atomic E-state index is 13.3. The number of phenols is 1. The minimum absolute atomic E-state index is 0.0282. The molecule has 162 valence electrons. The van der Waals surface area contributed by atoms with E-state index in [1.54, 1.807) is 54.6 Å². The number of anilines is 1. The van der Waals surface area contributed by atoms with Crippen LogP contribution >= 0.6 is 0 Å². The van der Waals surface area contributed by atoms with E-state index >= 15 is 0 Å². The normalized spacial score (nSPS) is 12.9. The molecule has 0 saturated heterocycles. The van der Waals surface area contributed by atoms with Gasteiger partial charge in [-0.3, -0.25) is 4.79 Å². The summed E-state index contributed by atoms with van der Waals surface area (Å²) in [5, 5.41) is 19.5. The Bertz CT molecular complexity index is 1230. The van der Waals surface area contributed by atoms with Crippen LogP contribution in [0.25, 0.3) is 16.7 Å². The number of nitrogens with one attached hydrogen (secondary N) is 1. The summed E-state index contributed by atoms with van der Waals surface area (Å²) in [7, 11) is 0. The van der Waals surface area contributed by atoms with Crippen LogP contribution in [0.1, 0.15) is 35.3 Å². The fourth-order valence-electron chi connectivity index (χ4n) is 3.85. The first-order chi connectivity index (χ1) is 15.4. The number of carbonyl (C=O) groups excluding carboxylic acids is 1. The summed E-state index contributed by atoms with van der Waals surface area (Å²) in [4.78, 5) is 13.3. The number of Topliss-reactive ketones (excluding diaryl/α,β-unsaturated/α-hetero) is 1. The van der Waals surface area contributed by atoms with Gasteiger partial charge in [-0.05, 0) is 61.4 Å². The summed E-state index contributed by atoms with van der Waals surface area (Å²) < 4.78 is 10.9. The molecule has 0 bridgehead atoms. The Kier molecular flexibility index (Phi) is 5.69. The Balaban J connectivity index is 1.76. The van der Waals surface area contributed by atoms with Crippen molar-refractivity contribution in [2.75, 3.05) is 18.9 Å². The van der Waals surface area contributed by atoms with E-state index < -0.39 is 0 Å². The number of carbonyl (C=O) groups is 1. The Morgan fingerprint density at radius 2 is 1.41 bits per heavy atom. The largest absolute Gasteiger partial charge is 0.507 e. The molecular formula is C26H24N2O4. The van der Waals surface area contributed by atoms with Crippen molar-refractivity contribution in [1.82, 2.24) is 0 Å². The zero-order valence-electron chi connectivity index (χ0n) is 17.9. The molecule has 4 N–H and O–H groups in total. The van der Waals surface area contributed by atoms with Crippen molar-refractivity contribution in [2.45, 2.75) is 13.8 Å². The highest BCUT2D eigenvalue weighted by Crippen LogP contribution is 2.42. The van der Waals surface area contributed by atoms with Crippen LogP contribution in [0.3, 0.4) is 0 Å². The third-order valence-corrected chi connectivity index (χ3v) is 5.31. The predicted molar refractivity (Wildman–Crippen MR) is 126 cm³/mol. The fourth-order valence-corrected chi connectivity index (χ4v) is 3.85. The molecule has 4 rings (SSSR count). The summed E-state index contributed by atoms with van der Waals surface area (Å²) in [6.45, 7) is 4.90.